The highest BCUT2D eigenvalue weighted by molar-refractivity contribution is 5.14. The largest absolute Gasteiger partial charge is 0.395 e. The van der Waals surface area contributed by atoms with Crippen LogP contribution >= 0.6 is 0 Å². The van der Waals surface area contributed by atoms with Crippen molar-refractivity contribution in [2.24, 2.45) is 5.92 Å². The van der Waals surface area contributed by atoms with Gasteiger partial charge in [0.1, 0.15) is 0 Å². The molecule has 1 atom stereocenters. The van der Waals surface area contributed by atoms with Gasteiger partial charge in [0.15, 0.2) is 0 Å². The molecule has 0 bridgehead atoms. The molecule has 0 aromatic heterocycles. The second-order valence-electron chi connectivity index (χ2n) is 4.87. The van der Waals surface area contributed by atoms with Crippen LogP contribution in [0.25, 0.3) is 0 Å². The summed E-state index contributed by atoms with van der Waals surface area (Å²) in [4.78, 5) is 2.23. The molecule has 0 aliphatic carbocycles. The molecule has 0 radical (unpaired) electrons. The zero-order valence-corrected chi connectivity index (χ0v) is 10.6. The summed E-state index contributed by atoms with van der Waals surface area (Å²) in [6.07, 6.45) is 1.04. The highest BCUT2D eigenvalue weighted by Crippen LogP contribution is 2.12. The molecule has 0 aliphatic heterocycles. The van der Waals surface area contributed by atoms with Gasteiger partial charge >= 0.3 is 0 Å². The average Bonchev–Trinajstić information content (AvgIpc) is 2.26. The first-order valence-corrected chi connectivity index (χ1v) is 5.98. The molecule has 1 rings (SSSR count). The molecule has 0 spiro atoms. The number of rotatable bonds is 6. The van der Waals surface area contributed by atoms with E-state index in [9.17, 15) is 5.11 Å². The maximum atomic E-state index is 9.38. The van der Waals surface area contributed by atoms with Gasteiger partial charge in [-0.1, -0.05) is 44.2 Å². The monoisotopic (exact) mass is 221 g/mol. The SMILES string of the molecule is CC(C)CC(CO)N(C)Cc1ccccc1. The normalized spacial score (nSPS) is 13.4. The maximum absolute atomic E-state index is 9.38. The van der Waals surface area contributed by atoms with Crippen LogP contribution in [0.1, 0.15) is 25.8 Å². The van der Waals surface area contributed by atoms with Gasteiger partial charge in [-0.25, -0.2) is 0 Å². The highest BCUT2D eigenvalue weighted by atomic mass is 16.3. The lowest BCUT2D eigenvalue weighted by atomic mass is 10.0. The minimum absolute atomic E-state index is 0.238. The number of aliphatic hydroxyl groups excluding tert-OH is 1. The lowest BCUT2D eigenvalue weighted by molar-refractivity contribution is 0.124. The molecule has 1 N–H and O–H groups in total. The quantitative estimate of drug-likeness (QED) is 0.798. The van der Waals surface area contributed by atoms with Crippen molar-refractivity contribution in [1.29, 1.82) is 0 Å². The molecule has 90 valence electrons. The van der Waals surface area contributed by atoms with Crippen molar-refractivity contribution >= 4 is 0 Å². The predicted molar refractivity (Wildman–Crippen MR) is 68.2 cm³/mol. The first-order valence-electron chi connectivity index (χ1n) is 5.98. The number of hydrogen-bond acceptors (Lipinski definition) is 2. The van der Waals surface area contributed by atoms with Crippen molar-refractivity contribution in [1.82, 2.24) is 4.90 Å². The minimum atomic E-state index is 0.238. The first-order chi connectivity index (χ1) is 7.63. The lowest BCUT2D eigenvalue weighted by Gasteiger charge is -2.27. The van der Waals surface area contributed by atoms with E-state index < -0.39 is 0 Å². The van der Waals surface area contributed by atoms with Crippen molar-refractivity contribution in [2.75, 3.05) is 13.7 Å². The van der Waals surface area contributed by atoms with Crippen LogP contribution in [-0.4, -0.2) is 29.7 Å². The Morgan fingerprint density at radius 1 is 1.19 bits per heavy atom. The van der Waals surface area contributed by atoms with Gasteiger partial charge in [-0.2, -0.15) is 0 Å². The molecular weight excluding hydrogens is 198 g/mol. The number of likely N-dealkylation sites (N-methyl/N-ethyl adjacent to an activating group) is 1. The number of hydrogen-bond donors (Lipinski definition) is 1. The summed E-state index contributed by atoms with van der Waals surface area (Å²) in [6.45, 7) is 5.53. The van der Waals surface area contributed by atoms with Crippen LogP contribution in [0.15, 0.2) is 30.3 Å². The summed E-state index contributed by atoms with van der Waals surface area (Å²) in [5, 5.41) is 9.38. The minimum Gasteiger partial charge on any atom is -0.395 e. The fourth-order valence-electron chi connectivity index (χ4n) is 1.94. The second kappa shape index (κ2) is 6.66. The zero-order valence-electron chi connectivity index (χ0n) is 10.6. The molecule has 1 aromatic carbocycles. The Hall–Kier alpha value is -0.860. The van der Waals surface area contributed by atoms with E-state index in [1.807, 2.05) is 6.07 Å². The van der Waals surface area contributed by atoms with E-state index in [0.29, 0.717) is 5.92 Å². The van der Waals surface area contributed by atoms with E-state index >= 15 is 0 Å². The van der Waals surface area contributed by atoms with E-state index in [4.69, 9.17) is 0 Å². The molecule has 1 aromatic rings. The van der Waals surface area contributed by atoms with Crippen LogP contribution in [-0.2, 0) is 6.54 Å². The zero-order chi connectivity index (χ0) is 12.0. The van der Waals surface area contributed by atoms with Crippen LogP contribution in [0.4, 0.5) is 0 Å². The van der Waals surface area contributed by atoms with Gasteiger partial charge in [0.2, 0.25) is 0 Å². The summed E-state index contributed by atoms with van der Waals surface area (Å²) >= 11 is 0. The molecule has 0 saturated carbocycles. The van der Waals surface area contributed by atoms with E-state index in [0.717, 1.165) is 13.0 Å². The van der Waals surface area contributed by atoms with Gasteiger partial charge in [0.25, 0.3) is 0 Å². The maximum Gasteiger partial charge on any atom is 0.0586 e. The Kier molecular flexibility index (Phi) is 5.50. The molecule has 0 aliphatic rings. The number of aliphatic hydroxyl groups is 1. The van der Waals surface area contributed by atoms with E-state index in [2.05, 4.69) is 50.1 Å². The molecular formula is C14H23NO. The third kappa shape index (κ3) is 4.33. The van der Waals surface area contributed by atoms with Crippen LogP contribution in [0.2, 0.25) is 0 Å². The molecule has 0 amide bonds. The standard InChI is InChI=1S/C14H23NO/c1-12(2)9-14(11-16)15(3)10-13-7-5-4-6-8-13/h4-8,12,14,16H,9-11H2,1-3H3. The van der Waals surface area contributed by atoms with Crippen LogP contribution in [0, 0.1) is 5.92 Å². The second-order valence-corrected chi connectivity index (χ2v) is 4.87. The third-order valence-electron chi connectivity index (χ3n) is 2.85. The van der Waals surface area contributed by atoms with Crippen molar-refractivity contribution in [2.45, 2.75) is 32.9 Å². The van der Waals surface area contributed by atoms with Gasteiger partial charge in [-0.15, -0.1) is 0 Å². The summed E-state index contributed by atoms with van der Waals surface area (Å²) in [5.41, 5.74) is 1.30. The van der Waals surface area contributed by atoms with Gasteiger partial charge < -0.3 is 5.11 Å². The molecule has 16 heavy (non-hydrogen) atoms. The molecule has 1 unspecified atom stereocenters. The molecule has 0 heterocycles. The number of benzene rings is 1. The first kappa shape index (κ1) is 13.2. The Morgan fingerprint density at radius 3 is 2.31 bits per heavy atom. The van der Waals surface area contributed by atoms with Gasteiger partial charge in [-0.05, 0) is 24.9 Å². The molecule has 0 saturated heterocycles. The summed E-state index contributed by atoms with van der Waals surface area (Å²) in [6, 6.07) is 10.7. The fourth-order valence-corrected chi connectivity index (χ4v) is 1.94. The van der Waals surface area contributed by atoms with Crippen LogP contribution in [0.3, 0.4) is 0 Å². The van der Waals surface area contributed by atoms with Crippen LogP contribution < -0.4 is 0 Å². The highest BCUT2D eigenvalue weighted by Gasteiger charge is 2.15. The van der Waals surface area contributed by atoms with E-state index in [1.54, 1.807) is 0 Å². The predicted octanol–water partition coefficient (Wildman–Crippen LogP) is 2.53. The van der Waals surface area contributed by atoms with Gasteiger partial charge in [0.05, 0.1) is 6.61 Å². The van der Waals surface area contributed by atoms with Crippen LogP contribution in [0.5, 0.6) is 0 Å². The lowest BCUT2D eigenvalue weighted by Crippen LogP contribution is -2.35. The van der Waals surface area contributed by atoms with Crippen molar-refractivity contribution in [3.8, 4) is 0 Å². The third-order valence-corrected chi connectivity index (χ3v) is 2.85. The fraction of sp³-hybridized carbons (Fsp3) is 0.571. The Bertz CT molecular complexity index is 284. The number of nitrogens with zero attached hydrogens (tertiary/aromatic N) is 1. The molecule has 2 nitrogen and oxygen atoms in total. The Balaban J connectivity index is 2.52. The summed E-state index contributed by atoms with van der Waals surface area (Å²) < 4.78 is 0. The van der Waals surface area contributed by atoms with Crippen molar-refractivity contribution < 1.29 is 5.11 Å². The molecule has 2 heteroatoms. The Labute approximate surface area is 98.9 Å². The van der Waals surface area contributed by atoms with Crippen molar-refractivity contribution in [3.05, 3.63) is 35.9 Å². The van der Waals surface area contributed by atoms with Gasteiger partial charge in [0, 0.05) is 12.6 Å². The summed E-state index contributed by atoms with van der Waals surface area (Å²) in [7, 11) is 2.08. The molecule has 0 fully saturated rings. The average molecular weight is 221 g/mol. The van der Waals surface area contributed by atoms with Gasteiger partial charge in [-0.3, -0.25) is 4.90 Å². The van der Waals surface area contributed by atoms with E-state index in [1.165, 1.54) is 5.56 Å². The topological polar surface area (TPSA) is 23.5 Å². The van der Waals surface area contributed by atoms with Crippen molar-refractivity contribution in [3.63, 3.8) is 0 Å². The smallest absolute Gasteiger partial charge is 0.0586 e. The Morgan fingerprint density at radius 2 is 1.81 bits per heavy atom. The van der Waals surface area contributed by atoms with E-state index in [-0.39, 0.29) is 12.6 Å². The summed E-state index contributed by atoms with van der Waals surface area (Å²) in [5.74, 6) is 0.621.